The molecule has 28 heavy (non-hydrogen) atoms. The zero-order valence-corrected chi connectivity index (χ0v) is 15.8. The molecule has 0 saturated carbocycles. The molecule has 0 aromatic heterocycles. The largest absolute Gasteiger partial charge is 0.507 e. The summed E-state index contributed by atoms with van der Waals surface area (Å²) < 4.78 is 5.79. The van der Waals surface area contributed by atoms with Crippen LogP contribution in [0.1, 0.15) is 55.9 Å². The minimum atomic E-state index is -0.189. The van der Waals surface area contributed by atoms with E-state index < -0.39 is 0 Å². The lowest BCUT2D eigenvalue weighted by Crippen LogP contribution is -2.47. The Morgan fingerprint density at radius 3 is 2.64 bits per heavy atom. The number of piperidine rings is 1. The van der Waals surface area contributed by atoms with Crippen molar-refractivity contribution in [2.24, 2.45) is 0 Å². The minimum Gasteiger partial charge on any atom is -0.507 e. The van der Waals surface area contributed by atoms with Crippen molar-refractivity contribution in [3.63, 3.8) is 0 Å². The average molecular weight is 381 g/mol. The van der Waals surface area contributed by atoms with E-state index in [2.05, 4.69) is 0 Å². The van der Waals surface area contributed by atoms with E-state index in [1.54, 1.807) is 42.2 Å². The summed E-state index contributed by atoms with van der Waals surface area (Å²) >= 11 is 0. The lowest BCUT2D eigenvalue weighted by atomic mass is 9.98. The molecule has 1 N–H and O–H groups in total. The van der Waals surface area contributed by atoms with Crippen molar-refractivity contribution in [2.45, 2.75) is 32.2 Å². The van der Waals surface area contributed by atoms with E-state index >= 15 is 0 Å². The van der Waals surface area contributed by atoms with Crippen molar-refractivity contribution in [2.75, 3.05) is 13.2 Å². The van der Waals surface area contributed by atoms with Crippen LogP contribution in [-0.2, 0) is 0 Å². The Bertz CT molecular complexity index is 892. The lowest BCUT2D eigenvalue weighted by Gasteiger charge is -2.36. The molecule has 1 atom stereocenters. The van der Waals surface area contributed by atoms with Gasteiger partial charge in [0.1, 0.15) is 18.1 Å². The number of hydrogen-bond acceptors (Lipinski definition) is 5. The van der Waals surface area contributed by atoms with Gasteiger partial charge < -0.3 is 14.7 Å². The fourth-order valence-electron chi connectivity index (χ4n) is 3.58. The smallest absolute Gasteiger partial charge is 0.254 e. The second kappa shape index (κ2) is 8.69. The van der Waals surface area contributed by atoms with Crippen LogP contribution in [0.25, 0.3) is 0 Å². The molecule has 3 rings (SSSR count). The predicted octanol–water partition coefficient (Wildman–Crippen LogP) is 3.40. The van der Waals surface area contributed by atoms with Crippen molar-refractivity contribution < 1.29 is 24.2 Å². The van der Waals surface area contributed by atoms with Crippen LogP contribution in [0.4, 0.5) is 0 Å². The number of nitrogens with zero attached hydrogens (tertiary/aromatic N) is 1. The number of phenols is 1. The molecule has 6 nitrogen and oxygen atoms in total. The maximum Gasteiger partial charge on any atom is 0.254 e. The number of likely N-dealkylation sites (tertiary alicyclic amines) is 1. The third kappa shape index (κ3) is 3.91. The van der Waals surface area contributed by atoms with Crippen LogP contribution in [0.5, 0.6) is 11.5 Å². The molecule has 1 heterocycles. The van der Waals surface area contributed by atoms with Gasteiger partial charge in [-0.3, -0.25) is 14.4 Å². The second-order valence-corrected chi connectivity index (χ2v) is 6.92. The Morgan fingerprint density at radius 2 is 1.89 bits per heavy atom. The van der Waals surface area contributed by atoms with Crippen molar-refractivity contribution >= 4 is 18.5 Å². The van der Waals surface area contributed by atoms with Crippen LogP contribution < -0.4 is 4.74 Å². The first-order valence-electron chi connectivity index (χ1n) is 9.32. The SMILES string of the molecule is Cc1cccc(C(=O)N2CCCC[C@@H]2COc2cccc(O)c2C=O)c1C=O. The van der Waals surface area contributed by atoms with Crippen LogP contribution in [0.2, 0.25) is 0 Å². The van der Waals surface area contributed by atoms with Gasteiger partial charge in [-0.05, 0) is 49.9 Å². The van der Waals surface area contributed by atoms with Crippen molar-refractivity contribution in [3.05, 3.63) is 58.7 Å². The van der Waals surface area contributed by atoms with Gasteiger partial charge in [0.15, 0.2) is 12.6 Å². The first kappa shape index (κ1) is 19.6. The van der Waals surface area contributed by atoms with Gasteiger partial charge in [0.2, 0.25) is 0 Å². The molecular weight excluding hydrogens is 358 g/mol. The van der Waals surface area contributed by atoms with Gasteiger partial charge in [-0.15, -0.1) is 0 Å². The third-order valence-corrected chi connectivity index (χ3v) is 5.15. The summed E-state index contributed by atoms with van der Waals surface area (Å²) in [7, 11) is 0. The molecule has 1 aliphatic heterocycles. The number of carbonyl (C=O) groups excluding carboxylic acids is 3. The van der Waals surface area contributed by atoms with E-state index in [4.69, 9.17) is 4.74 Å². The quantitative estimate of drug-likeness (QED) is 0.776. The Labute approximate surface area is 163 Å². The number of aromatic hydroxyl groups is 1. The zero-order valence-electron chi connectivity index (χ0n) is 15.8. The van der Waals surface area contributed by atoms with Gasteiger partial charge in [-0.2, -0.15) is 0 Å². The maximum absolute atomic E-state index is 13.1. The molecular formula is C22H23NO5. The van der Waals surface area contributed by atoms with Gasteiger partial charge >= 0.3 is 0 Å². The van der Waals surface area contributed by atoms with Crippen LogP contribution in [0, 0.1) is 6.92 Å². The normalized spacial score (nSPS) is 16.5. The van der Waals surface area contributed by atoms with Crippen LogP contribution in [-0.4, -0.2) is 47.7 Å². The van der Waals surface area contributed by atoms with Gasteiger partial charge in [0, 0.05) is 12.1 Å². The van der Waals surface area contributed by atoms with Gasteiger partial charge in [0.05, 0.1) is 17.2 Å². The third-order valence-electron chi connectivity index (χ3n) is 5.15. The van der Waals surface area contributed by atoms with Crippen LogP contribution in [0.15, 0.2) is 36.4 Å². The average Bonchev–Trinajstić information content (AvgIpc) is 2.71. The predicted molar refractivity (Wildman–Crippen MR) is 104 cm³/mol. The second-order valence-electron chi connectivity index (χ2n) is 6.92. The number of aryl methyl sites for hydroxylation is 1. The summed E-state index contributed by atoms with van der Waals surface area (Å²) in [5, 5.41) is 9.79. The highest BCUT2D eigenvalue weighted by Crippen LogP contribution is 2.27. The van der Waals surface area contributed by atoms with E-state index in [0.29, 0.717) is 24.0 Å². The minimum absolute atomic E-state index is 0.0955. The monoisotopic (exact) mass is 381 g/mol. The number of carbonyl (C=O) groups is 3. The first-order valence-corrected chi connectivity index (χ1v) is 9.32. The van der Waals surface area contributed by atoms with E-state index in [1.807, 2.05) is 0 Å². The molecule has 1 aliphatic rings. The lowest BCUT2D eigenvalue weighted by molar-refractivity contribution is 0.0525. The van der Waals surface area contributed by atoms with Crippen molar-refractivity contribution in [3.8, 4) is 11.5 Å². The fraction of sp³-hybridized carbons (Fsp3) is 0.318. The number of amides is 1. The summed E-state index contributed by atoms with van der Waals surface area (Å²) in [6, 6.07) is 9.71. The molecule has 0 bridgehead atoms. The number of phenolic OH excluding ortho intramolecular Hbond substituents is 1. The Balaban J connectivity index is 1.81. The molecule has 1 saturated heterocycles. The highest BCUT2D eigenvalue weighted by molar-refractivity contribution is 6.02. The van der Waals surface area contributed by atoms with Crippen LogP contribution >= 0.6 is 0 Å². The molecule has 0 spiro atoms. The van der Waals surface area contributed by atoms with Crippen LogP contribution in [0.3, 0.4) is 0 Å². The Kier molecular flexibility index (Phi) is 6.09. The number of aldehydes is 2. The first-order chi connectivity index (χ1) is 13.6. The molecule has 1 amide bonds. The topological polar surface area (TPSA) is 83.9 Å². The highest BCUT2D eigenvalue weighted by Gasteiger charge is 2.29. The summed E-state index contributed by atoms with van der Waals surface area (Å²) in [5.41, 5.74) is 1.67. The molecule has 0 unspecified atom stereocenters. The molecule has 0 radical (unpaired) electrons. The number of hydrogen-bond donors (Lipinski definition) is 1. The highest BCUT2D eigenvalue weighted by atomic mass is 16.5. The van der Waals surface area contributed by atoms with E-state index in [9.17, 15) is 19.5 Å². The van der Waals surface area contributed by atoms with E-state index in [-0.39, 0.29) is 35.6 Å². The molecule has 146 valence electrons. The van der Waals surface area contributed by atoms with Gasteiger partial charge in [-0.1, -0.05) is 18.2 Å². The molecule has 2 aromatic carbocycles. The Morgan fingerprint density at radius 1 is 1.14 bits per heavy atom. The van der Waals surface area contributed by atoms with Gasteiger partial charge in [0.25, 0.3) is 5.91 Å². The zero-order chi connectivity index (χ0) is 20.1. The molecule has 6 heteroatoms. The summed E-state index contributed by atoms with van der Waals surface area (Å²) in [5.74, 6) is -0.0396. The van der Waals surface area contributed by atoms with Crippen molar-refractivity contribution in [1.82, 2.24) is 4.90 Å². The molecule has 2 aromatic rings. The molecule has 0 aliphatic carbocycles. The van der Waals surface area contributed by atoms with Gasteiger partial charge in [-0.25, -0.2) is 0 Å². The standard InChI is InChI=1S/C22H23NO5/c1-15-6-4-8-17(18(15)12-24)22(27)23-11-3-2-7-16(23)14-28-21-10-5-9-20(26)19(21)13-25/h4-6,8-10,12-13,16,26H,2-3,7,11,14H2,1H3/t16-/m1/s1. The maximum atomic E-state index is 13.1. The number of ether oxygens (including phenoxy) is 1. The van der Waals surface area contributed by atoms with E-state index in [0.717, 1.165) is 31.1 Å². The fourth-order valence-corrected chi connectivity index (χ4v) is 3.58. The summed E-state index contributed by atoms with van der Waals surface area (Å²) in [4.78, 5) is 37.6. The van der Waals surface area contributed by atoms with E-state index in [1.165, 1.54) is 6.07 Å². The molecule has 1 fully saturated rings. The number of rotatable bonds is 6. The Hall–Kier alpha value is -3.15. The summed E-state index contributed by atoms with van der Waals surface area (Å²) in [6.07, 6.45) is 3.89. The van der Waals surface area contributed by atoms with Crippen molar-refractivity contribution in [1.29, 1.82) is 0 Å². The number of benzene rings is 2. The summed E-state index contributed by atoms with van der Waals surface area (Å²) in [6.45, 7) is 2.60.